The molecule has 0 aromatic carbocycles. The first-order chi connectivity index (χ1) is 10.7. The van der Waals surface area contributed by atoms with Crippen molar-refractivity contribution in [1.82, 2.24) is 9.97 Å². The second kappa shape index (κ2) is 4.78. The van der Waals surface area contributed by atoms with Crippen LogP contribution in [-0.4, -0.2) is 27.0 Å². The number of aromatic nitrogens is 2. The molecule has 2 N–H and O–H groups in total. The molecule has 2 aromatic rings. The van der Waals surface area contributed by atoms with Crippen LogP contribution in [0.3, 0.4) is 0 Å². The van der Waals surface area contributed by atoms with Gasteiger partial charge < -0.3 is 15.3 Å². The molecule has 112 valence electrons. The van der Waals surface area contributed by atoms with Crippen molar-refractivity contribution in [3.05, 3.63) is 41.2 Å². The van der Waals surface area contributed by atoms with E-state index in [2.05, 4.69) is 20.2 Å². The molecule has 6 nitrogen and oxygen atoms in total. The normalized spacial score (nSPS) is 16.6. The van der Waals surface area contributed by atoms with Crippen LogP contribution >= 0.6 is 0 Å². The fourth-order valence-corrected chi connectivity index (χ4v) is 2.85. The minimum Gasteiger partial charge on any atom is -0.392 e. The van der Waals surface area contributed by atoms with Gasteiger partial charge in [-0.15, -0.1) is 0 Å². The van der Waals surface area contributed by atoms with Gasteiger partial charge in [0.2, 0.25) is 0 Å². The van der Waals surface area contributed by atoms with Crippen LogP contribution in [0.25, 0.3) is 0 Å². The van der Waals surface area contributed by atoms with Crippen LogP contribution in [0.4, 0.5) is 17.3 Å². The van der Waals surface area contributed by atoms with Crippen LogP contribution in [0.2, 0.25) is 0 Å². The second-order valence-corrected chi connectivity index (χ2v) is 5.70. The zero-order chi connectivity index (χ0) is 15.3. The topological polar surface area (TPSA) is 78.4 Å². The number of nitrogens with zero attached hydrogens (tertiary/aromatic N) is 3. The first-order valence-corrected chi connectivity index (χ1v) is 7.35. The first kappa shape index (κ1) is 13.2. The summed E-state index contributed by atoms with van der Waals surface area (Å²) in [6.07, 6.45) is 5.49. The van der Waals surface area contributed by atoms with Crippen molar-refractivity contribution in [3.63, 3.8) is 0 Å². The molecule has 0 radical (unpaired) electrons. The number of carbonyl (C=O) groups excluding carboxylic acids is 1. The SMILES string of the molecule is Cc1c(CO)cnc2c1NC(=O)c1cccnc1N2C1CC1. The molecule has 1 aliphatic carbocycles. The van der Waals surface area contributed by atoms with Crippen molar-refractivity contribution in [2.45, 2.75) is 32.4 Å². The molecule has 0 spiro atoms. The molecule has 1 aliphatic heterocycles. The van der Waals surface area contributed by atoms with Crippen LogP contribution in [-0.2, 0) is 6.61 Å². The molecule has 6 heteroatoms. The van der Waals surface area contributed by atoms with Gasteiger partial charge in [-0.1, -0.05) is 0 Å². The molecule has 2 aliphatic rings. The number of nitrogens with one attached hydrogen (secondary N) is 1. The van der Waals surface area contributed by atoms with Crippen molar-refractivity contribution in [1.29, 1.82) is 0 Å². The van der Waals surface area contributed by atoms with E-state index >= 15 is 0 Å². The number of fused-ring (bicyclic) bond motifs is 2. The zero-order valence-electron chi connectivity index (χ0n) is 12.2. The van der Waals surface area contributed by atoms with Crippen LogP contribution in [0.1, 0.15) is 34.3 Å². The summed E-state index contributed by atoms with van der Waals surface area (Å²) in [6, 6.07) is 3.87. The zero-order valence-corrected chi connectivity index (χ0v) is 12.2. The number of rotatable bonds is 2. The van der Waals surface area contributed by atoms with Crippen molar-refractivity contribution >= 4 is 23.2 Å². The third kappa shape index (κ3) is 1.88. The molecule has 2 aromatic heterocycles. The highest BCUT2D eigenvalue weighted by atomic mass is 16.3. The molecular formula is C16H16N4O2. The summed E-state index contributed by atoms with van der Waals surface area (Å²) in [7, 11) is 0. The molecule has 1 amide bonds. The Hall–Kier alpha value is -2.47. The lowest BCUT2D eigenvalue weighted by Gasteiger charge is -2.24. The maximum atomic E-state index is 12.5. The Labute approximate surface area is 127 Å². The minimum absolute atomic E-state index is 0.101. The maximum Gasteiger partial charge on any atom is 0.259 e. The van der Waals surface area contributed by atoms with Gasteiger partial charge in [-0.2, -0.15) is 0 Å². The molecule has 3 heterocycles. The molecular weight excluding hydrogens is 280 g/mol. The molecule has 22 heavy (non-hydrogen) atoms. The van der Waals surface area contributed by atoms with E-state index in [0.29, 0.717) is 34.5 Å². The van der Waals surface area contributed by atoms with E-state index in [4.69, 9.17) is 0 Å². The molecule has 0 unspecified atom stereocenters. The van der Waals surface area contributed by atoms with Gasteiger partial charge in [-0.3, -0.25) is 4.79 Å². The summed E-state index contributed by atoms with van der Waals surface area (Å²) in [4.78, 5) is 23.5. The Morgan fingerprint density at radius 1 is 1.36 bits per heavy atom. The third-order valence-corrected chi connectivity index (χ3v) is 4.23. The lowest BCUT2D eigenvalue weighted by molar-refractivity contribution is 0.102. The van der Waals surface area contributed by atoms with E-state index in [1.54, 1.807) is 24.5 Å². The summed E-state index contributed by atoms with van der Waals surface area (Å²) >= 11 is 0. The monoisotopic (exact) mass is 296 g/mol. The van der Waals surface area contributed by atoms with Gasteiger partial charge in [0, 0.05) is 24.0 Å². The van der Waals surface area contributed by atoms with Crippen molar-refractivity contribution in [2.24, 2.45) is 0 Å². The number of aliphatic hydroxyl groups excluding tert-OH is 1. The summed E-state index contributed by atoms with van der Waals surface area (Å²) in [5.74, 6) is 1.18. The molecule has 0 atom stereocenters. The highest BCUT2D eigenvalue weighted by molar-refractivity contribution is 6.12. The Kier molecular flexibility index (Phi) is 2.87. The Bertz CT molecular complexity index is 771. The molecule has 1 saturated carbocycles. The molecule has 4 rings (SSSR count). The fraction of sp³-hybridized carbons (Fsp3) is 0.312. The standard InChI is InChI=1S/C16H16N4O2/c1-9-10(8-21)7-18-15-13(9)19-16(22)12-3-2-6-17-14(12)20(15)11-4-5-11/h2-3,6-7,11,21H,4-5,8H2,1H3,(H,19,22). The lowest BCUT2D eigenvalue weighted by atomic mass is 10.1. The number of anilines is 3. The van der Waals surface area contributed by atoms with Gasteiger partial charge in [0.1, 0.15) is 5.82 Å². The van der Waals surface area contributed by atoms with Crippen molar-refractivity contribution in [3.8, 4) is 0 Å². The maximum absolute atomic E-state index is 12.5. The number of pyridine rings is 2. The molecule has 0 bridgehead atoms. The van der Waals surface area contributed by atoms with Gasteiger partial charge in [-0.05, 0) is 37.5 Å². The lowest BCUT2D eigenvalue weighted by Crippen LogP contribution is -2.22. The number of hydrogen-bond donors (Lipinski definition) is 2. The van der Waals surface area contributed by atoms with Crippen LogP contribution < -0.4 is 10.2 Å². The van der Waals surface area contributed by atoms with Crippen molar-refractivity contribution < 1.29 is 9.90 Å². The van der Waals surface area contributed by atoms with E-state index < -0.39 is 0 Å². The predicted octanol–water partition coefficient (Wildman–Crippen LogP) is 2.14. The average molecular weight is 296 g/mol. The summed E-state index contributed by atoms with van der Waals surface area (Å²) < 4.78 is 0. The minimum atomic E-state index is -0.188. The largest absolute Gasteiger partial charge is 0.392 e. The van der Waals surface area contributed by atoms with Gasteiger partial charge in [0.25, 0.3) is 5.91 Å². The van der Waals surface area contributed by atoms with Gasteiger partial charge in [0.05, 0.1) is 17.9 Å². The highest BCUT2D eigenvalue weighted by Crippen LogP contribution is 2.44. The van der Waals surface area contributed by atoms with Crippen LogP contribution in [0.15, 0.2) is 24.5 Å². The summed E-state index contributed by atoms with van der Waals surface area (Å²) in [6.45, 7) is 1.79. The van der Waals surface area contributed by atoms with Crippen LogP contribution in [0.5, 0.6) is 0 Å². The van der Waals surface area contributed by atoms with E-state index in [1.807, 2.05) is 6.92 Å². The fourth-order valence-electron chi connectivity index (χ4n) is 2.85. The highest BCUT2D eigenvalue weighted by Gasteiger charge is 2.38. The molecule has 0 saturated heterocycles. The van der Waals surface area contributed by atoms with E-state index in [9.17, 15) is 9.90 Å². The Morgan fingerprint density at radius 3 is 2.91 bits per heavy atom. The number of amides is 1. The average Bonchev–Trinajstić information content (AvgIpc) is 3.36. The predicted molar refractivity (Wildman–Crippen MR) is 82.2 cm³/mol. The third-order valence-electron chi connectivity index (χ3n) is 4.23. The smallest absolute Gasteiger partial charge is 0.259 e. The summed E-state index contributed by atoms with van der Waals surface area (Å²) in [5, 5.41) is 12.4. The Morgan fingerprint density at radius 2 is 2.18 bits per heavy atom. The Balaban J connectivity index is 1.98. The van der Waals surface area contributed by atoms with Crippen molar-refractivity contribution in [2.75, 3.05) is 10.2 Å². The van der Waals surface area contributed by atoms with Crippen LogP contribution in [0, 0.1) is 6.92 Å². The quantitative estimate of drug-likeness (QED) is 0.887. The van der Waals surface area contributed by atoms with Gasteiger partial charge in [0.15, 0.2) is 5.82 Å². The summed E-state index contributed by atoms with van der Waals surface area (Å²) in [5.41, 5.74) is 2.78. The van der Waals surface area contributed by atoms with Gasteiger partial charge >= 0.3 is 0 Å². The van der Waals surface area contributed by atoms with E-state index in [1.165, 1.54) is 0 Å². The first-order valence-electron chi connectivity index (χ1n) is 7.35. The van der Waals surface area contributed by atoms with E-state index in [0.717, 1.165) is 18.4 Å². The number of aliphatic hydroxyl groups is 1. The second-order valence-electron chi connectivity index (χ2n) is 5.70. The van der Waals surface area contributed by atoms with Gasteiger partial charge in [-0.25, -0.2) is 9.97 Å². The number of hydrogen-bond acceptors (Lipinski definition) is 5. The van der Waals surface area contributed by atoms with E-state index in [-0.39, 0.29) is 12.5 Å². The number of carbonyl (C=O) groups is 1. The molecule has 1 fully saturated rings.